The van der Waals surface area contributed by atoms with Gasteiger partial charge in [-0.05, 0) is 43.4 Å². The van der Waals surface area contributed by atoms with Crippen molar-refractivity contribution >= 4 is 23.0 Å². The fraction of sp³-hybridized carbons (Fsp3) is 0.579. The second-order valence-electron chi connectivity index (χ2n) is 6.44. The Morgan fingerprint density at radius 2 is 1.70 bits per heavy atom. The van der Waals surface area contributed by atoms with E-state index >= 15 is 0 Å². The summed E-state index contributed by atoms with van der Waals surface area (Å²) < 4.78 is 0. The molecule has 4 nitrogen and oxygen atoms in total. The third-order valence-corrected chi connectivity index (χ3v) is 2.58. The van der Waals surface area contributed by atoms with Crippen LogP contribution < -0.4 is 11.5 Å². The van der Waals surface area contributed by atoms with Crippen LogP contribution in [0.2, 0.25) is 0 Å². The Hall–Kier alpha value is -1.84. The maximum absolute atomic E-state index is 10.5. The van der Waals surface area contributed by atoms with Gasteiger partial charge in [-0.15, -0.1) is 0 Å². The predicted molar refractivity (Wildman–Crippen MR) is 103 cm³/mol. The average Bonchev–Trinajstić information content (AvgIpc) is 2.41. The summed E-state index contributed by atoms with van der Waals surface area (Å²) in [5.41, 5.74) is 14.0. The van der Waals surface area contributed by atoms with Gasteiger partial charge >= 0.3 is 0 Å². The zero-order chi connectivity index (χ0) is 18.6. The number of nitrogens with zero attached hydrogens (tertiary/aromatic N) is 1. The number of carbonyl (C=O) groups excluding carboxylic acids is 1. The van der Waals surface area contributed by atoms with Crippen molar-refractivity contribution in [2.24, 2.45) is 16.1 Å². The number of Topliss-reactive ketones (excluding diaryl/α,β-unsaturated/α-hetero) is 1. The molecule has 1 aromatic rings. The monoisotopic (exact) mass is 321 g/mol. The van der Waals surface area contributed by atoms with E-state index in [1.807, 2.05) is 32.0 Å². The van der Waals surface area contributed by atoms with E-state index in [2.05, 4.69) is 32.7 Å². The molecule has 4 heteroatoms. The van der Waals surface area contributed by atoms with Crippen LogP contribution in [0.15, 0.2) is 23.2 Å². The third-order valence-electron chi connectivity index (χ3n) is 2.58. The predicted octanol–water partition coefficient (Wildman–Crippen LogP) is 4.88. The summed E-state index contributed by atoms with van der Waals surface area (Å²) >= 11 is 0. The Morgan fingerprint density at radius 1 is 1.17 bits per heavy atom. The molecule has 4 N–H and O–H groups in total. The van der Waals surface area contributed by atoms with Crippen LogP contribution in [-0.2, 0) is 11.2 Å². The van der Waals surface area contributed by atoms with Crippen LogP contribution in [0, 0.1) is 5.41 Å². The van der Waals surface area contributed by atoms with E-state index in [4.69, 9.17) is 11.5 Å². The Labute approximate surface area is 142 Å². The average molecular weight is 322 g/mol. The van der Waals surface area contributed by atoms with Crippen molar-refractivity contribution in [3.63, 3.8) is 0 Å². The second kappa shape index (κ2) is 11.7. The molecular weight excluding hydrogens is 286 g/mol. The molecule has 0 bridgehead atoms. The summed E-state index contributed by atoms with van der Waals surface area (Å²) in [6.07, 6.45) is 1.67. The number of nitrogen functional groups attached to an aromatic ring is 1. The molecule has 0 aliphatic rings. The van der Waals surface area contributed by atoms with Gasteiger partial charge in [0.1, 0.15) is 5.78 Å². The Kier molecular flexibility index (Phi) is 11.9. The first-order valence-electron chi connectivity index (χ1n) is 8.23. The summed E-state index contributed by atoms with van der Waals surface area (Å²) in [4.78, 5) is 14.6. The standard InChI is InChI=1S/C10H15N3.C7H14O.C2H6/c1-3-8-4-5-9(12)10(6-8)13-7(2)11;1-6(8)5-7(2,3)4;1-2/h4-6H,3,12H2,1-2H3,(H2,11,13);5H2,1-4H3;1-2H3. The molecular formula is C19H35N3O. The maximum atomic E-state index is 10.5. The highest BCUT2D eigenvalue weighted by molar-refractivity contribution is 5.83. The number of carbonyl (C=O) groups is 1. The lowest BCUT2D eigenvalue weighted by Gasteiger charge is -2.14. The van der Waals surface area contributed by atoms with Gasteiger partial charge in [-0.3, -0.25) is 0 Å². The minimum Gasteiger partial charge on any atom is -0.397 e. The molecule has 0 unspecified atom stereocenters. The summed E-state index contributed by atoms with van der Waals surface area (Å²) in [5.74, 6) is 0.803. The van der Waals surface area contributed by atoms with Gasteiger partial charge in [0.05, 0.1) is 17.2 Å². The van der Waals surface area contributed by atoms with Crippen LogP contribution >= 0.6 is 0 Å². The fourth-order valence-corrected chi connectivity index (χ4v) is 1.84. The molecule has 0 spiro atoms. The van der Waals surface area contributed by atoms with Crippen LogP contribution in [-0.4, -0.2) is 11.6 Å². The highest BCUT2D eigenvalue weighted by Crippen LogP contribution is 2.23. The SMILES string of the molecule is CC.CC(=O)CC(C)(C)C.CCc1ccc(N)c(N=C(C)N)c1. The number of hydrogen-bond acceptors (Lipinski definition) is 3. The van der Waals surface area contributed by atoms with Crippen molar-refractivity contribution in [3.05, 3.63) is 23.8 Å². The number of anilines is 1. The first kappa shape index (κ1) is 23.4. The van der Waals surface area contributed by atoms with Crippen LogP contribution in [0.25, 0.3) is 0 Å². The first-order valence-corrected chi connectivity index (χ1v) is 8.23. The highest BCUT2D eigenvalue weighted by atomic mass is 16.1. The molecule has 1 rings (SSSR count). The quantitative estimate of drug-likeness (QED) is 0.473. The van der Waals surface area contributed by atoms with E-state index in [1.54, 1.807) is 13.8 Å². The lowest BCUT2D eigenvalue weighted by molar-refractivity contribution is -0.118. The van der Waals surface area contributed by atoms with Crippen molar-refractivity contribution in [1.82, 2.24) is 0 Å². The van der Waals surface area contributed by atoms with E-state index in [-0.39, 0.29) is 11.2 Å². The lowest BCUT2D eigenvalue weighted by Crippen LogP contribution is -2.09. The number of ketones is 1. The summed E-state index contributed by atoms with van der Waals surface area (Å²) in [5, 5.41) is 0. The number of nitrogens with two attached hydrogens (primary N) is 2. The van der Waals surface area contributed by atoms with Gasteiger partial charge in [0, 0.05) is 6.42 Å². The Morgan fingerprint density at radius 3 is 2.00 bits per heavy atom. The minimum atomic E-state index is 0.172. The van der Waals surface area contributed by atoms with Gasteiger partial charge in [0.15, 0.2) is 0 Å². The van der Waals surface area contributed by atoms with Crippen LogP contribution in [0.5, 0.6) is 0 Å². The normalized spacial score (nSPS) is 10.9. The van der Waals surface area contributed by atoms with E-state index < -0.39 is 0 Å². The van der Waals surface area contributed by atoms with Gasteiger partial charge < -0.3 is 16.3 Å². The van der Waals surface area contributed by atoms with Gasteiger partial charge in [-0.25, -0.2) is 4.99 Å². The minimum absolute atomic E-state index is 0.172. The summed E-state index contributed by atoms with van der Waals surface area (Å²) in [7, 11) is 0. The molecule has 132 valence electrons. The Balaban J connectivity index is 0. The van der Waals surface area contributed by atoms with Gasteiger partial charge in [-0.2, -0.15) is 0 Å². The molecule has 1 aromatic carbocycles. The molecule has 0 saturated heterocycles. The fourth-order valence-electron chi connectivity index (χ4n) is 1.84. The maximum Gasteiger partial charge on any atom is 0.130 e. The van der Waals surface area contributed by atoms with Crippen molar-refractivity contribution < 1.29 is 4.79 Å². The lowest BCUT2D eigenvalue weighted by atomic mass is 9.91. The molecule has 0 saturated carbocycles. The molecule has 0 aliphatic heterocycles. The first-order chi connectivity index (χ1) is 10.5. The smallest absolute Gasteiger partial charge is 0.130 e. The molecule has 0 aromatic heterocycles. The number of amidine groups is 1. The zero-order valence-electron chi connectivity index (χ0n) is 16.2. The van der Waals surface area contributed by atoms with Crippen molar-refractivity contribution in [2.45, 2.75) is 68.2 Å². The topological polar surface area (TPSA) is 81.5 Å². The van der Waals surface area contributed by atoms with Crippen LogP contribution in [0.1, 0.15) is 67.4 Å². The van der Waals surface area contributed by atoms with E-state index in [9.17, 15) is 4.79 Å². The van der Waals surface area contributed by atoms with Crippen LogP contribution in [0.3, 0.4) is 0 Å². The van der Waals surface area contributed by atoms with Crippen LogP contribution in [0.4, 0.5) is 11.4 Å². The van der Waals surface area contributed by atoms with Crippen molar-refractivity contribution in [2.75, 3.05) is 5.73 Å². The van der Waals surface area contributed by atoms with Gasteiger partial charge in [0.2, 0.25) is 0 Å². The number of aryl methyl sites for hydroxylation is 1. The number of rotatable bonds is 3. The molecule has 0 heterocycles. The van der Waals surface area contributed by atoms with Gasteiger partial charge in [-0.1, -0.05) is 47.6 Å². The van der Waals surface area contributed by atoms with E-state index in [0.29, 0.717) is 17.9 Å². The Bertz CT molecular complexity index is 496. The van der Waals surface area contributed by atoms with Crippen molar-refractivity contribution in [3.8, 4) is 0 Å². The molecule has 0 fully saturated rings. The molecule has 0 aliphatic carbocycles. The number of benzene rings is 1. The van der Waals surface area contributed by atoms with Crippen molar-refractivity contribution in [1.29, 1.82) is 0 Å². The zero-order valence-corrected chi connectivity index (χ0v) is 16.2. The second-order valence-corrected chi connectivity index (χ2v) is 6.44. The third kappa shape index (κ3) is 13.5. The largest absolute Gasteiger partial charge is 0.397 e. The highest BCUT2D eigenvalue weighted by Gasteiger charge is 2.11. The summed E-state index contributed by atoms with van der Waals surface area (Å²) in [6, 6.07) is 5.83. The van der Waals surface area contributed by atoms with E-state index in [0.717, 1.165) is 12.1 Å². The number of aliphatic imine (C=N–C) groups is 1. The molecule has 0 atom stereocenters. The van der Waals surface area contributed by atoms with Gasteiger partial charge in [0.25, 0.3) is 0 Å². The number of hydrogen-bond donors (Lipinski definition) is 2. The molecule has 0 amide bonds. The molecule has 23 heavy (non-hydrogen) atoms. The summed E-state index contributed by atoms with van der Waals surface area (Å²) in [6.45, 7) is 15.7. The van der Waals surface area contributed by atoms with E-state index in [1.165, 1.54) is 5.56 Å². The molecule has 0 radical (unpaired) electrons.